The highest BCUT2D eigenvalue weighted by atomic mass is 32.2. The minimum atomic E-state index is -4.68. The van der Waals surface area contributed by atoms with Gasteiger partial charge in [0.1, 0.15) is 10.7 Å². The van der Waals surface area contributed by atoms with E-state index < -0.39 is 22.7 Å². The maximum absolute atomic E-state index is 12.8. The van der Waals surface area contributed by atoms with Crippen LogP contribution in [-0.2, 0) is 9.53 Å². The van der Waals surface area contributed by atoms with Crippen molar-refractivity contribution in [2.75, 3.05) is 24.8 Å². The van der Waals surface area contributed by atoms with Crippen molar-refractivity contribution in [1.29, 1.82) is 0 Å². The molecular weight excluding hydrogens is 307 g/mol. The lowest BCUT2D eigenvalue weighted by Crippen LogP contribution is -2.26. The van der Waals surface area contributed by atoms with E-state index >= 15 is 0 Å². The Kier molecular flexibility index (Phi) is 4.66. The minimum absolute atomic E-state index is 0.0706. The monoisotopic (exact) mass is 319 g/mol. The molecule has 1 aliphatic heterocycles. The van der Waals surface area contributed by atoms with Gasteiger partial charge in [-0.25, -0.2) is 0 Å². The third-order valence-electron chi connectivity index (χ3n) is 2.59. The number of halogens is 3. The predicted molar refractivity (Wildman–Crippen MR) is 73.1 cm³/mol. The normalized spacial score (nSPS) is 15.4. The molecule has 0 aromatic heterocycles. The fraction of sp³-hybridized carbons (Fsp3) is 0.308. The Morgan fingerprint density at radius 2 is 2.00 bits per heavy atom. The van der Waals surface area contributed by atoms with Crippen LogP contribution in [0.1, 0.15) is 0 Å². The number of allylic oxidation sites excluding steroid dienone is 1. The summed E-state index contributed by atoms with van der Waals surface area (Å²) in [5.74, 6) is -1.19. The lowest BCUT2D eigenvalue weighted by atomic mass is 10.3. The molecule has 2 rings (SSSR count). The lowest BCUT2D eigenvalue weighted by Gasteiger charge is -2.21. The molecule has 1 aromatic carbocycles. The van der Waals surface area contributed by atoms with E-state index in [-0.39, 0.29) is 6.61 Å². The second-order valence-corrected chi connectivity index (χ2v) is 5.14. The molecule has 0 aliphatic carbocycles. The maximum atomic E-state index is 12.8. The average molecular weight is 319 g/mol. The number of methoxy groups -OCH3 is 1. The summed E-state index contributed by atoms with van der Waals surface area (Å²) in [6.45, 7) is -0.0706. The number of alkyl halides is 3. The van der Waals surface area contributed by atoms with Gasteiger partial charge >= 0.3 is 6.18 Å². The van der Waals surface area contributed by atoms with Gasteiger partial charge in [0, 0.05) is 11.4 Å². The van der Waals surface area contributed by atoms with Crippen molar-refractivity contribution >= 4 is 23.4 Å². The molecule has 0 saturated carbocycles. The molecule has 0 fully saturated rings. The molecule has 0 radical (unpaired) electrons. The summed E-state index contributed by atoms with van der Waals surface area (Å²) < 4.78 is 48.0. The number of carbonyl (C=O) groups excluding carboxylic acids is 1. The summed E-state index contributed by atoms with van der Waals surface area (Å²) in [4.78, 5) is 11.5. The molecule has 1 aliphatic rings. The van der Waals surface area contributed by atoms with Crippen LogP contribution >= 0.6 is 11.8 Å². The molecule has 4 nitrogen and oxygen atoms in total. The number of hydrogen-bond acceptors (Lipinski definition) is 4. The summed E-state index contributed by atoms with van der Waals surface area (Å²) in [5, 5.41) is 2.41. The Labute approximate surface area is 123 Å². The van der Waals surface area contributed by atoms with Gasteiger partial charge in [0.25, 0.3) is 5.91 Å². The molecule has 21 heavy (non-hydrogen) atoms. The van der Waals surface area contributed by atoms with Crippen LogP contribution in [0, 0.1) is 0 Å². The minimum Gasteiger partial charge on any atom is -0.497 e. The topological polar surface area (TPSA) is 47.6 Å². The third-order valence-corrected chi connectivity index (χ3v) is 3.62. The van der Waals surface area contributed by atoms with Gasteiger partial charge < -0.3 is 14.8 Å². The van der Waals surface area contributed by atoms with Crippen molar-refractivity contribution in [3.63, 3.8) is 0 Å². The van der Waals surface area contributed by atoms with Crippen molar-refractivity contribution in [2.45, 2.75) is 6.18 Å². The molecule has 1 N–H and O–H groups in total. The van der Waals surface area contributed by atoms with E-state index in [0.717, 1.165) is 11.8 Å². The largest absolute Gasteiger partial charge is 0.497 e. The number of anilines is 1. The van der Waals surface area contributed by atoms with Gasteiger partial charge in [-0.15, -0.1) is 11.8 Å². The molecule has 114 valence electrons. The number of carbonyl (C=O) groups is 1. The SMILES string of the molecule is COc1ccc(NC(=O)C2=C(C(F)(F)F)OCCS2)cc1. The van der Waals surface area contributed by atoms with Crippen LogP contribution in [0.4, 0.5) is 18.9 Å². The first-order valence-electron chi connectivity index (χ1n) is 5.94. The second-order valence-electron chi connectivity index (χ2n) is 4.04. The first kappa shape index (κ1) is 15.6. The number of amides is 1. The molecule has 0 saturated heterocycles. The number of ether oxygens (including phenoxy) is 2. The molecular formula is C13H12F3NO3S. The lowest BCUT2D eigenvalue weighted by molar-refractivity contribution is -0.133. The van der Waals surface area contributed by atoms with E-state index in [4.69, 9.17) is 4.74 Å². The van der Waals surface area contributed by atoms with E-state index in [1.807, 2.05) is 0 Å². The van der Waals surface area contributed by atoms with E-state index in [1.54, 1.807) is 24.3 Å². The highest BCUT2D eigenvalue weighted by molar-refractivity contribution is 8.04. The molecule has 0 bridgehead atoms. The van der Waals surface area contributed by atoms with Crippen LogP contribution in [0.2, 0.25) is 0 Å². The van der Waals surface area contributed by atoms with Crippen molar-refractivity contribution in [1.82, 2.24) is 0 Å². The fourth-order valence-electron chi connectivity index (χ4n) is 1.66. The predicted octanol–water partition coefficient (Wildman–Crippen LogP) is 3.17. The zero-order valence-electron chi connectivity index (χ0n) is 11.0. The Morgan fingerprint density at radius 1 is 1.33 bits per heavy atom. The van der Waals surface area contributed by atoms with Gasteiger partial charge in [0.05, 0.1) is 13.7 Å². The molecule has 8 heteroatoms. The number of thioether (sulfide) groups is 1. The summed E-state index contributed by atoms with van der Waals surface area (Å²) in [6.07, 6.45) is -4.68. The van der Waals surface area contributed by atoms with Gasteiger partial charge in [-0.3, -0.25) is 4.79 Å². The number of rotatable bonds is 3. The summed E-state index contributed by atoms with van der Waals surface area (Å²) in [5.41, 5.74) is 0.376. The third kappa shape index (κ3) is 3.84. The van der Waals surface area contributed by atoms with Crippen LogP contribution in [0.5, 0.6) is 5.75 Å². The second kappa shape index (κ2) is 6.30. The first-order valence-corrected chi connectivity index (χ1v) is 6.93. The highest BCUT2D eigenvalue weighted by Gasteiger charge is 2.42. The Bertz CT molecular complexity index is 555. The molecule has 1 heterocycles. The van der Waals surface area contributed by atoms with E-state index in [2.05, 4.69) is 10.1 Å². The van der Waals surface area contributed by atoms with Crippen LogP contribution in [0.15, 0.2) is 34.9 Å². The molecule has 1 amide bonds. The molecule has 0 atom stereocenters. The number of nitrogens with one attached hydrogen (secondary N) is 1. The standard InChI is InChI=1S/C13H12F3NO3S/c1-19-9-4-2-8(3-5-9)17-12(18)10-11(13(14,15)16)20-6-7-21-10/h2-5H,6-7H2,1H3,(H,17,18). The first-order chi connectivity index (χ1) is 9.91. The summed E-state index contributed by atoms with van der Waals surface area (Å²) in [6, 6.07) is 6.27. The van der Waals surface area contributed by atoms with Gasteiger partial charge in [0.2, 0.25) is 5.76 Å². The van der Waals surface area contributed by atoms with Crippen molar-refractivity contribution in [3.8, 4) is 5.75 Å². The van der Waals surface area contributed by atoms with Crippen molar-refractivity contribution in [2.24, 2.45) is 0 Å². The Morgan fingerprint density at radius 3 is 2.57 bits per heavy atom. The van der Waals surface area contributed by atoms with E-state index in [9.17, 15) is 18.0 Å². The number of hydrogen-bond donors (Lipinski definition) is 1. The molecule has 0 spiro atoms. The van der Waals surface area contributed by atoms with Crippen molar-refractivity contribution in [3.05, 3.63) is 34.9 Å². The fourth-order valence-corrected chi connectivity index (χ4v) is 2.52. The average Bonchev–Trinajstić information content (AvgIpc) is 2.47. The van der Waals surface area contributed by atoms with Gasteiger partial charge in [-0.05, 0) is 24.3 Å². The Hall–Kier alpha value is -1.83. The summed E-state index contributed by atoms with van der Waals surface area (Å²) in [7, 11) is 1.49. The van der Waals surface area contributed by atoms with Crippen LogP contribution in [0.25, 0.3) is 0 Å². The van der Waals surface area contributed by atoms with E-state index in [0.29, 0.717) is 17.2 Å². The Balaban J connectivity index is 2.19. The van der Waals surface area contributed by atoms with Gasteiger partial charge in [0.15, 0.2) is 0 Å². The van der Waals surface area contributed by atoms with E-state index in [1.165, 1.54) is 7.11 Å². The quantitative estimate of drug-likeness (QED) is 0.929. The van der Waals surface area contributed by atoms with Gasteiger partial charge in [-0.1, -0.05) is 0 Å². The zero-order valence-corrected chi connectivity index (χ0v) is 11.8. The van der Waals surface area contributed by atoms with Crippen molar-refractivity contribution < 1.29 is 27.4 Å². The van der Waals surface area contributed by atoms with Gasteiger partial charge in [-0.2, -0.15) is 13.2 Å². The molecule has 0 unspecified atom stereocenters. The van der Waals surface area contributed by atoms with Crippen LogP contribution in [-0.4, -0.2) is 31.6 Å². The molecule has 1 aromatic rings. The smallest absolute Gasteiger partial charge is 0.450 e. The number of benzene rings is 1. The highest BCUT2D eigenvalue weighted by Crippen LogP contribution is 2.37. The van der Waals surface area contributed by atoms with Crippen LogP contribution in [0.3, 0.4) is 0 Å². The zero-order chi connectivity index (χ0) is 15.5. The summed E-state index contributed by atoms with van der Waals surface area (Å²) >= 11 is 0.831. The maximum Gasteiger partial charge on any atom is 0.450 e. The van der Waals surface area contributed by atoms with Crippen LogP contribution < -0.4 is 10.1 Å².